The van der Waals surface area contributed by atoms with E-state index in [9.17, 15) is 4.79 Å². The number of nitrogens with zero attached hydrogens (tertiary/aromatic N) is 1. The van der Waals surface area contributed by atoms with Gasteiger partial charge in [0.05, 0.1) is 5.54 Å². The van der Waals surface area contributed by atoms with Crippen LogP contribution < -0.4 is 11.1 Å². The summed E-state index contributed by atoms with van der Waals surface area (Å²) in [6, 6.07) is 0.500. The Labute approximate surface area is 124 Å². The van der Waals surface area contributed by atoms with Crippen molar-refractivity contribution in [3.8, 4) is 0 Å². The van der Waals surface area contributed by atoms with E-state index in [0.29, 0.717) is 6.04 Å². The third-order valence-electron chi connectivity index (χ3n) is 4.45. The molecule has 0 radical (unpaired) electrons. The van der Waals surface area contributed by atoms with Gasteiger partial charge in [-0.2, -0.15) is 0 Å². The van der Waals surface area contributed by atoms with Gasteiger partial charge in [-0.05, 0) is 64.6 Å². The number of primary amides is 1. The van der Waals surface area contributed by atoms with Crippen LogP contribution in [0.15, 0.2) is 0 Å². The Morgan fingerprint density at radius 3 is 2.40 bits per heavy atom. The molecule has 4 nitrogen and oxygen atoms in total. The first-order valence-electron chi connectivity index (χ1n) is 8.38. The van der Waals surface area contributed by atoms with Crippen LogP contribution in [0.2, 0.25) is 0 Å². The van der Waals surface area contributed by atoms with Gasteiger partial charge < -0.3 is 16.0 Å². The molecule has 0 aromatic heterocycles. The number of nitrogens with one attached hydrogen (secondary N) is 1. The van der Waals surface area contributed by atoms with Crippen molar-refractivity contribution in [1.82, 2.24) is 10.2 Å². The highest BCUT2D eigenvalue weighted by molar-refractivity contribution is 5.84. The van der Waals surface area contributed by atoms with E-state index in [1.54, 1.807) is 0 Å². The molecular weight excluding hydrogens is 250 g/mol. The summed E-state index contributed by atoms with van der Waals surface area (Å²) in [5.41, 5.74) is 5.26. The zero-order valence-corrected chi connectivity index (χ0v) is 13.6. The molecule has 0 heterocycles. The van der Waals surface area contributed by atoms with E-state index in [2.05, 4.69) is 31.0 Å². The Bertz CT molecular complexity index is 289. The summed E-state index contributed by atoms with van der Waals surface area (Å²) >= 11 is 0. The minimum atomic E-state index is -0.474. The first-order valence-corrected chi connectivity index (χ1v) is 8.38. The van der Waals surface area contributed by atoms with Gasteiger partial charge in [0.2, 0.25) is 5.91 Å². The highest BCUT2D eigenvalue weighted by Crippen LogP contribution is 2.31. The minimum absolute atomic E-state index is 0.163. The van der Waals surface area contributed by atoms with Crippen LogP contribution in [0.5, 0.6) is 0 Å². The van der Waals surface area contributed by atoms with E-state index < -0.39 is 5.54 Å². The van der Waals surface area contributed by atoms with E-state index in [1.165, 1.54) is 19.3 Å². The highest BCUT2D eigenvalue weighted by atomic mass is 16.1. The summed E-state index contributed by atoms with van der Waals surface area (Å²) in [6.45, 7) is 9.70. The maximum atomic E-state index is 12.0. The molecule has 0 saturated heterocycles. The topological polar surface area (TPSA) is 58.4 Å². The summed E-state index contributed by atoms with van der Waals surface area (Å²) in [7, 11) is 0. The Morgan fingerprint density at radius 2 is 1.90 bits per heavy atom. The lowest BCUT2D eigenvalue weighted by Gasteiger charge is -2.43. The molecular formula is C16H33N3O. The van der Waals surface area contributed by atoms with E-state index >= 15 is 0 Å². The molecule has 0 bridgehead atoms. The number of rotatable bonds is 9. The number of nitrogens with two attached hydrogens (primary N) is 1. The lowest BCUT2D eigenvalue weighted by atomic mass is 9.77. The summed E-state index contributed by atoms with van der Waals surface area (Å²) in [5, 5.41) is 3.45. The molecule has 0 aliphatic heterocycles. The summed E-state index contributed by atoms with van der Waals surface area (Å²) in [5.74, 6) is -0.163. The Kier molecular flexibility index (Phi) is 7.52. The van der Waals surface area contributed by atoms with Crippen LogP contribution in [-0.2, 0) is 4.79 Å². The smallest absolute Gasteiger partial charge is 0.237 e. The van der Waals surface area contributed by atoms with Gasteiger partial charge in [0.1, 0.15) is 0 Å². The zero-order chi connectivity index (χ0) is 15.0. The number of amides is 1. The van der Waals surface area contributed by atoms with Crippen LogP contribution in [0.4, 0.5) is 0 Å². The lowest BCUT2D eigenvalue weighted by molar-refractivity contribution is -0.126. The third kappa shape index (κ3) is 4.45. The second-order valence-corrected chi connectivity index (χ2v) is 6.16. The van der Waals surface area contributed by atoms with Gasteiger partial charge >= 0.3 is 0 Å². The molecule has 0 aromatic carbocycles. The molecule has 2 unspecified atom stereocenters. The summed E-state index contributed by atoms with van der Waals surface area (Å²) < 4.78 is 0. The molecule has 1 aliphatic rings. The standard InChI is InChI=1S/C16H33N3O/c1-4-10-18-16(15(17)20)9-7-8-14(13-16)19(11-5-2)12-6-3/h14,18H,4-13H2,1-3H3,(H2,17,20). The molecule has 3 N–H and O–H groups in total. The molecule has 0 aromatic rings. The van der Waals surface area contributed by atoms with Crippen LogP contribution in [-0.4, -0.2) is 42.0 Å². The van der Waals surface area contributed by atoms with Crippen molar-refractivity contribution in [1.29, 1.82) is 0 Å². The quantitative estimate of drug-likeness (QED) is 0.682. The highest BCUT2D eigenvalue weighted by Gasteiger charge is 2.42. The fourth-order valence-electron chi connectivity index (χ4n) is 3.44. The molecule has 4 heteroatoms. The van der Waals surface area contributed by atoms with Crippen LogP contribution in [0.1, 0.15) is 65.7 Å². The largest absolute Gasteiger partial charge is 0.368 e. The van der Waals surface area contributed by atoms with Crippen LogP contribution >= 0.6 is 0 Å². The van der Waals surface area contributed by atoms with Crippen molar-refractivity contribution < 1.29 is 4.79 Å². The van der Waals surface area contributed by atoms with Gasteiger partial charge in [-0.3, -0.25) is 4.79 Å². The average molecular weight is 283 g/mol. The first kappa shape index (κ1) is 17.4. The maximum absolute atomic E-state index is 12.0. The predicted molar refractivity (Wildman–Crippen MR) is 84.6 cm³/mol. The molecule has 1 aliphatic carbocycles. The third-order valence-corrected chi connectivity index (χ3v) is 4.45. The molecule has 20 heavy (non-hydrogen) atoms. The second kappa shape index (κ2) is 8.63. The average Bonchev–Trinajstić information content (AvgIpc) is 2.45. The first-order chi connectivity index (χ1) is 9.59. The fourth-order valence-corrected chi connectivity index (χ4v) is 3.44. The molecule has 0 spiro atoms. The Morgan fingerprint density at radius 1 is 1.25 bits per heavy atom. The molecule has 2 atom stereocenters. The predicted octanol–water partition coefficient (Wildman–Crippen LogP) is 2.27. The van der Waals surface area contributed by atoms with Gasteiger partial charge in [0.25, 0.3) is 0 Å². The van der Waals surface area contributed by atoms with Gasteiger partial charge in [-0.25, -0.2) is 0 Å². The van der Waals surface area contributed by atoms with E-state index in [4.69, 9.17) is 5.73 Å². The molecule has 1 rings (SSSR count). The number of hydrogen-bond acceptors (Lipinski definition) is 3. The minimum Gasteiger partial charge on any atom is -0.368 e. The van der Waals surface area contributed by atoms with Crippen molar-refractivity contribution in [2.45, 2.75) is 77.3 Å². The normalized spacial score (nSPS) is 26.9. The van der Waals surface area contributed by atoms with Crippen molar-refractivity contribution >= 4 is 5.91 Å². The summed E-state index contributed by atoms with van der Waals surface area (Å²) in [4.78, 5) is 14.6. The van der Waals surface area contributed by atoms with Gasteiger partial charge in [-0.15, -0.1) is 0 Å². The Balaban J connectivity index is 2.76. The SMILES string of the molecule is CCCNC1(C(N)=O)CCCC(N(CCC)CCC)C1. The fraction of sp³-hybridized carbons (Fsp3) is 0.938. The van der Waals surface area contributed by atoms with E-state index in [1.807, 2.05) is 0 Å². The van der Waals surface area contributed by atoms with Crippen LogP contribution in [0.3, 0.4) is 0 Å². The maximum Gasteiger partial charge on any atom is 0.237 e. The van der Waals surface area contributed by atoms with Gasteiger partial charge in [0, 0.05) is 6.04 Å². The van der Waals surface area contributed by atoms with Crippen molar-refractivity contribution in [3.05, 3.63) is 0 Å². The monoisotopic (exact) mass is 283 g/mol. The summed E-state index contributed by atoms with van der Waals surface area (Å²) in [6.07, 6.45) is 7.43. The van der Waals surface area contributed by atoms with Crippen molar-refractivity contribution in [3.63, 3.8) is 0 Å². The molecule has 118 valence electrons. The second-order valence-electron chi connectivity index (χ2n) is 6.16. The zero-order valence-electron chi connectivity index (χ0n) is 13.6. The molecule has 1 saturated carbocycles. The lowest BCUT2D eigenvalue weighted by Crippen LogP contribution is -2.61. The van der Waals surface area contributed by atoms with Crippen molar-refractivity contribution in [2.75, 3.05) is 19.6 Å². The Hall–Kier alpha value is -0.610. The van der Waals surface area contributed by atoms with Gasteiger partial charge in [-0.1, -0.05) is 20.8 Å². The van der Waals surface area contributed by atoms with Gasteiger partial charge in [0.15, 0.2) is 0 Å². The molecule has 1 fully saturated rings. The number of hydrogen-bond donors (Lipinski definition) is 2. The van der Waals surface area contributed by atoms with Crippen molar-refractivity contribution in [2.24, 2.45) is 5.73 Å². The van der Waals surface area contributed by atoms with E-state index in [-0.39, 0.29) is 5.91 Å². The molecule has 1 amide bonds. The number of carbonyl (C=O) groups excluding carboxylic acids is 1. The number of carbonyl (C=O) groups is 1. The van der Waals surface area contributed by atoms with Crippen LogP contribution in [0, 0.1) is 0 Å². The van der Waals surface area contributed by atoms with E-state index in [0.717, 1.165) is 45.3 Å². The van der Waals surface area contributed by atoms with Crippen LogP contribution in [0.25, 0.3) is 0 Å².